The summed E-state index contributed by atoms with van der Waals surface area (Å²) >= 11 is 2.51. The fraction of sp³-hybridized carbons (Fsp3) is 0.267. The van der Waals surface area contributed by atoms with Gasteiger partial charge < -0.3 is 13.5 Å². The summed E-state index contributed by atoms with van der Waals surface area (Å²) in [7, 11) is 0. The lowest BCUT2D eigenvalue weighted by Gasteiger charge is -2.20. The van der Waals surface area contributed by atoms with Crippen LogP contribution in [0.5, 0.6) is 5.75 Å². The van der Waals surface area contributed by atoms with Gasteiger partial charge in [-0.3, -0.25) is 4.98 Å². The van der Waals surface area contributed by atoms with E-state index < -0.39 is 18.9 Å². The molecule has 0 aliphatic carbocycles. The minimum absolute atomic E-state index is 0.0428. The summed E-state index contributed by atoms with van der Waals surface area (Å²) in [5.74, 6) is -0.863. The van der Waals surface area contributed by atoms with Crippen molar-refractivity contribution >= 4 is 35.1 Å². The topological polar surface area (TPSA) is 111 Å². The number of carbonyl (C=O) groups excluding carboxylic acids is 2. The van der Waals surface area contributed by atoms with Gasteiger partial charge in [0.25, 0.3) is 11.8 Å². The van der Waals surface area contributed by atoms with Gasteiger partial charge in [-0.1, -0.05) is 11.9 Å². The minimum atomic E-state index is -2.95. The van der Waals surface area contributed by atoms with E-state index >= 15 is 0 Å². The molecule has 0 N–H and O–H groups in total. The van der Waals surface area contributed by atoms with Crippen LogP contribution in [0.25, 0.3) is 10.8 Å². The first-order valence-electron chi connectivity index (χ1n) is 7.65. The molecule has 160 valence electrons. The van der Waals surface area contributed by atoms with Crippen molar-refractivity contribution in [3.63, 3.8) is 0 Å². The molecule has 0 aromatic carbocycles. The van der Waals surface area contributed by atoms with Crippen molar-refractivity contribution in [1.29, 1.82) is 0 Å². The van der Waals surface area contributed by atoms with Gasteiger partial charge >= 0.3 is 19.2 Å². The predicted octanol–water partition coefficient (Wildman–Crippen LogP) is 3.83. The normalized spacial score (nSPS) is 10.5. The molecule has 0 saturated heterocycles. The number of anilines is 1. The first-order chi connectivity index (χ1) is 14.4. The van der Waals surface area contributed by atoms with Crippen molar-refractivity contribution in [2.45, 2.75) is 19.6 Å². The number of hydrogen-bond donors (Lipinski definition) is 0. The maximum atomic E-state index is 12.5. The van der Waals surface area contributed by atoms with Gasteiger partial charge in [0.2, 0.25) is 0 Å². The van der Waals surface area contributed by atoms with E-state index in [2.05, 4.69) is 24.9 Å². The molecular formula is C15H11F4N5O4S2. The number of rotatable bonds is 8. The lowest BCUT2D eigenvalue weighted by Crippen LogP contribution is -2.13. The van der Waals surface area contributed by atoms with E-state index in [0.717, 1.165) is 0 Å². The van der Waals surface area contributed by atoms with Crippen LogP contribution in [0.2, 0.25) is 0 Å². The Labute approximate surface area is 174 Å². The third-order valence-electron chi connectivity index (χ3n) is 3.10. The zero-order chi connectivity index (χ0) is 22.1. The number of ether oxygens (including phenoxy) is 1. The summed E-state index contributed by atoms with van der Waals surface area (Å²) < 4.78 is 60.8. The summed E-state index contributed by atoms with van der Waals surface area (Å²) in [6, 6.07) is 1.43. The zero-order valence-corrected chi connectivity index (χ0v) is 16.5. The second-order valence-corrected chi connectivity index (χ2v) is 6.85. The summed E-state index contributed by atoms with van der Waals surface area (Å²) in [4.78, 5) is 24.8. The van der Waals surface area contributed by atoms with Crippen molar-refractivity contribution in [3.8, 4) is 16.5 Å². The van der Waals surface area contributed by atoms with Crippen molar-refractivity contribution in [2.75, 3.05) is 10.6 Å². The smallest absolute Gasteiger partial charge is 0.387 e. The molecule has 30 heavy (non-hydrogen) atoms. The molecule has 0 bridgehead atoms. The number of aromatic nitrogens is 4. The lowest BCUT2D eigenvalue weighted by atomic mass is 10.4. The highest BCUT2D eigenvalue weighted by atomic mass is 32.2. The fourth-order valence-corrected chi connectivity index (χ4v) is 3.47. The van der Waals surface area contributed by atoms with E-state index in [-0.39, 0.29) is 17.8 Å². The summed E-state index contributed by atoms with van der Waals surface area (Å²) in [6.45, 7) is -2.64. The quantitative estimate of drug-likeness (QED) is 0.359. The molecule has 0 aliphatic rings. The first kappa shape index (κ1) is 23.3. The molecule has 0 unspecified atom stereocenters. The maximum Gasteiger partial charge on any atom is 0.387 e. The molecule has 0 radical (unpaired) electrons. The van der Waals surface area contributed by atoms with Crippen LogP contribution in [0.3, 0.4) is 0 Å². The number of pyridine rings is 1. The zero-order valence-electron chi connectivity index (χ0n) is 14.9. The van der Waals surface area contributed by atoms with Crippen LogP contribution in [0.4, 0.5) is 23.2 Å². The predicted molar refractivity (Wildman–Crippen MR) is 95.9 cm³/mol. The van der Waals surface area contributed by atoms with Gasteiger partial charge in [-0.25, -0.2) is 4.98 Å². The Balaban J connectivity index is 0.00000101. The van der Waals surface area contributed by atoms with Gasteiger partial charge in [-0.2, -0.15) is 27.2 Å². The monoisotopic (exact) mass is 465 g/mol. The number of halogens is 4. The van der Waals surface area contributed by atoms with E-state index in [1.54, 1.807) is 10.6 Å². The van der Waals surface area contributed by atoms with Crippen LogP contribution in [0, 0.1) is 0 Å². The molecule has 3 rings (SSSR count). The van der Waals surface area contributed by atoms with Crippen molar-refractivity contribution < 1.29 is 36.3 Å². The van der Waals surface area contributed by atoms with Crippen molar-refractivity contribution in [2.24, 2.45) is 0 Å². The van der Waals surface area contributed by atoms with E-state index in [4.69, 9.17) is 14.0 Å². The Morgan fingerprint density at radius 3 is 2.57 bits per heavy atom. The van der Waals surface area contributed by atoms with Crippen LogP contribution >= 0.6 is 23.3 Å². The average Bonchev–Trinajstić information content (AvgIpc) is 3.36. The minimum Gasteiger partial charge on any atom is -0.433 e. The van der Waals surface area contributed by atoms with Crippen molar-refractivity contribution in [3.05, 3.63) is 35.6 Å². The first-order valence-corrected chi connectivity index (χ1v) is 9.65. The van der Waals surface area contributed by atoms with E-state index in [0.29, 0.717) is 22.1 Å². The largest absolute Gasteiger partial charge is 0.433 e. The Morgan fingerprint density at radius 1 is 1.23 bits per heavy atom. The Kier molecular flexibility index (Phi) is 8.70. The van der Waals surface area contributed by atoms with Gasteiger partial charge in [-0.05, 0) is 0 Å². The van der Waals surface area contributed by atoms with Crippen molar-refractivity contribution in [1.82, 2.24) is 20.2 Å². The van der Waals surface area contributed by atoms with Gasteiger partial charge in [0, 0.05) is 12.3 Å². The standard InChI is InChI=1S/C14H11F4N5O2S2.CO2/c1-26-23(7-2-8(4-19-3-7)24-14(17)18)6-10-20-5-9(27-10)12-21-22-13(25-12)11(15)16;2-1-3/h2-5,11,14H,6H2,1H3;. The highest BCUT2D eigenvalue weighted by Gasteiger charge is 2.19. The van der Waals surface area contributed by atoms with E-state index in [1.807, 2.05) is 0 Å². The van der Waals surface area contributed by atoms with Gasteiger partial charge in [0.1, 0.15) is 15.6 Å². The molecule has 0 amide bonds. The van der Waals surface area contributed by atoms with Crippen LogP contribution in [0.1, 0.15) is 17.3 Å². The Morgan fingerprint density at radius 2 is 1.97 bits per heavy atom. The second-order valence-electron chi connectivity index (χ2n) is 4.92. The van der Waals surface area contributed by atoms with E-state index in [9.17, 15) is 17.6 Å². The molecule has 3 aromatic rings. The summed E-state index contributed by atoms with van der Waals surface area (Å²) in [6.07, 6.45) is 3.32. The summed E-state index contributed by atoms with van der Waals surface area (Å²) in [5.41, 5.74) is 0.537. The third kappa shape index (κ3) is 6.50. The van der Waals surface area contributed by atoms with Crippen LogP contribution < -0.4 is 9.04 Å². The number of hydrogen-bond acceptors (Lipinski definition) is 11. The second kappa shape index (κ2) is 11.2. The average molecular weight is 465 g/mol. The molecule has 3 aromatic heterocycles. The van der Waals surface area contributed by atoms with Gasteiger partial charge in [0.05, 0.1) is 30.8 Å². The molecule has 0 aliphatic heterocycles. The van der Waals surface area contributed by atoms with Crippen LogP contribution in [-0.4, -0.2) is 39.2 Å². The van der Waals surface area contributed by atoms with E-state index in [1.165, 1.54) is 47.9 Å². The van der Waals surface area contributed by atoms with Gasteiger partial charge in [0.15, 0.2) is 0 Å². The van der Waals surface area contributed by atoms with Crippen LogP contribution in [-0.2, 0) is 16.1 Å². The highest BCUT2D eigenvalue weighted by molar-refractivity contribution is 7.99. The number of thiazole rings is 1. The molecule has 3 heterocycles. The Bertz CT molecular complexity index is 981. The highest BCUT2D eigenvalue weighted by Crippen LogP contribution is 2.31. The molecule has 0 saturated carbocycles. The molecule has 0 spiro atoms. The molecule has 15 heteroatoms. The Hall–Kier alpha value is -3.03. The SMILES string of the molecule is CSN(Cc1ncc(-c2nnc(C(F)F)o2)s1)c1cncc(OC(F)F)c1.O=C=O. The fourth-order valence-electron chi connectivity index (χ4n) is 2.00. The number of nitrogens with zero attached hydrogens (tertiary/aromatic N) is 5. The molecule has 0 fully saturated rings. The van der Waals surface area contributed by atoms with Gasteiger partial charge in [-0.15, -0.1) is 21.5 Å². The number of alkyl halides is 4. The lowest BCUT2D eigenvalue weighted by molar-refractivity contribution is -0.191. The summed E-state index contributed by atoms with van der Waals surface area (Å²) in [5, 5.41) is 7.47. The molecule has 0 atom stereocenters. The third-order valence-corrected chi connectivity index (χ3v) is 4.85. The van der Waals surface area contributed by atoms with Crippen LogP contribution in [0.15, 0.2) is 29.1 Å². The maximum absolute atomic E-state index is 12.5. The molecule has 9 nitrogen and oxygen atoms in total. The molecular weight excluding hydrogens is 454 g/mol.